The summed E-state index contributed by atoms with van der Waals surface area (Å²) in [6.07, 6.45) is -1.02. The zero-order valence-corrected chi connectivity index (χ0v) is 14.6. The summed E-state index contributed by atoms with van der Waals surface area (Å²) in [6, 6.07) is 15.1. The van der Waals surface area contributed by atoms with Crippen LogP contribution in [0.25, 0.3) is 11.1 Å². The first-order chi connectivity index (χ1) is 13.1. The van der Waals surface area contributed by atoms with Gasteiger partial charge in [-0.15, -0.1) is 0 Å². The number of hydrogen-bond acceptors (Lipinski definition) is 5. The smallest absolute Gasteiger partial charge is 0.410 e. The number of rotatable bonds is 4. The molecule has 1 unspecified atom stereocenters. The Bertz CT molecular complexity index is 839. The van der Waals surface area contributed by atoms with Gasteiger partial charge in [0.2, 0.25) is 0 Å². The van der Waals surface area contributed by atoms with Crippen LogP contribution in [0.1, 0.15) is 23.5 Å². The molecule has 140 valence electrons. The van der Waals surface area contributed by atoms with Gasteiger partial charge in [0.15, 0.2) is 0 Å². The van der Waals surface area contributed by atoms with Crippen LogP contribution in [0.4, 0.5) is 4.79 Å². The molecule has 1 aliphatic carbocycles. The van der Waals surface area contributed by atoms with Crippen LogP contribution in [-0.4, -0.2) is 47.4 Å². The summed E-state index contributed by atoms with van der Waals surface area (Å²) >= 11 is 0. The van der Waals surface area contributed by atoms with Crippen molar-refractivity contribution in [1.82, 2.24) is 4.90 Å². The topological polar surface area (TPSA) is 102 Å². The van der Waals surface area contributed by atoms with E-state index in [4.69, 9.17) is 15.5 Å². The number of fused-ring (bicyclic) bond motifs is 3. The minimum atomic E-state index is -1.09. The zero-order valence-electron chi connectivity index (χ0n) is 14.6. The molecule has 0 saturated carbocycles. The molecule has 0 radical (unpaired) electrons. The lowest BCUT2D eigenvalue weighted by atomic mass is 9.98. The van der Waals surface area contributed by atoms with E-state index in [-0.39, 0.29) is 25.5 Å². The number of likely N-dealkylation sites (tertiary alicyclic amines) is 1. The molecule has 2 aromatic rings. The monoisotopic (exact) mass is 368 g/mol. The summed E-state index contributed by atoms with van der Waals surface area (Å²) in [5, 5.41) is 9.34. The predicted octanol–water partition coefficient (Wildman–Crippen LogP) is 2.35. The zero-order chi connectivity index (χ0) is 19.0. The molecule has 1 saturated heterocycles. The number of aliphatic carboxylic acids is 1. The highest BCUT2D eigenvalue weighted by atomic mass is 16.6. The van der Waals surface area contributed by atoms with Crippen molar-refractivity contribution in [3.05, 3.63) is 59.7 Å². The highest BCUT2D eigenvalue weighted by molar-refractivity contribution is 5.81. The lowest BCUT2D eigenvalue weighted by molar-refractivity contribution is -0.141. The highest BCUT2D eigenvalue weighted by Gasteiger charge is 2.41. The number of nitrogens with zero attached hydrogens (tertiary/aromatic N) is 1. The maximum absolute atomic E-state index is 12.5. The van der Waals surface area contributed by atoms with Crippen LogP contribution in [0, 0.1) is 0 Å². The third kappa shape index (κ3) is 3.05. The molecule has 7 nitrogen and oxygen atoms in total. The van der Waals surface area contributed by atoms with Gasteiger partial charge in [0.1, 0.15) is 12.6 Å². The number of carboxylic acids is 1. The first-order valence-corrected chi connectivity index (χ1v) is 8.80. The number of nitrogens with two attached hydrogens (primary N) is 1. The molecular formula is C20H20N2O5. The first-order valence-electron chi connectivity index (χ1n) is 8.80. The van der Waals surface area contributed by atoms with Gasteiger partial charge in [0.05, 0.1) is 12.6 Å². The Labute approximate surface area is 156 Å². The van der Waals surface area contributed by atoms with Crippen molar-refractivity contribution in [1.29, 1.82) is 0 Å². The molecule has 1 fully saturated rings. The number of benzene rings is 2. The summed E-state index contributed by atoms with van der Waals surface area (Å²) in [6.45, 7) is 0.244. The van der Waals surface area contributed by atoms with Gasteiger partial charge in [-0.3, -0.25) is 9.74 Å². The molecule has 0 aromatic heterocycles. The minimum absolute atomic E-state index is 0.0752. The van der Waals surface area contributed by atoms with Crippen molar-refractivity contribution in [2.24, 2.45) is 5.90 Å². The van der Waals surface area contributed by atoms with Crippen LogP contribution in [0.3, 0.4) is 0 Å². The molecule has 2 aliphatic rings. The van der Waals surface area contributed by atoms with Gasteiger partial charge in [0.25, 0.3) is 0 Å². The molecule has 1 aliphatic heterocycles. The summed E-state index contributed by atoms with van der Waals surface area (Å²) in [5.74, 6) is 4.00. The van der Waals surface area contributed by atoms with Crippen molar-refractivity contribution < 1.29 is 24.3 Å². The predicted molar refractivity (Wildman–Crippen MR) is 96.9 cm³/mol. The van der Waals surface area contributed by atoms with Gasteiger partial charge in [0, 0.05) is 12.3 Å². The highest BCUT2D eigenvalue weighted by Crippen LogP contribution is 2.44. The van der Waals surface area contributed by atoms with E-state index in [1.165, 1.54) is 4.90 Å². The van der Waals surface area contributed by atoms with Gasteiger partial charge < -0.3 is 9.84 Å². The van der Waals surface area contributed by atoms with E-state index in [2.05, 4.69) is 12.1 Å². The Hall–Kier alpha value is -2.90. The fourth-order valence-corrected chi connectivity index (χ4v) is 4.01. The number of carbonyl (C=O) groups excluding carboxylic acids is 1. The van der Waals surface area contributed by atoms with E-state index in [0.29, 0.717) is 0 Å². The molecule has 3 N–H and O–H groups in total. The quantitative estimate of drug-likeness (QED) is 0.803. The molecule has 2 aromatic carbocycles. The first kappa shape index (κ1) is 17.5. The summed E-state index contributed by atoms with van der Waals surface area (Å²) in [4.78, 5) is 29.9. The van der Waals surface area contributed by atoms with Crippen LogP contribution in [-0.2, 0) is 14.4 Å². The summed E-state index contributed by atoms with van der Waals surface area (Å²) in [7, 11) is 0. The van der Waals surface area contributed by atoms with Crippen molar-refractivity contribution in [3.63, 3.8) is 0 Å². The second-order valence-corrected chi connectivity index (χ2v) is 6.80. The third-order valence-corrected chi connectivity index (χ3v) is 5.31. The largest absolute Gasteiger partial charge is 0.480 e. The lowest BCUT2D eigenvalue weighted by Gasteiger charge is -2.22. The fraction of sp³-hybridized carbons (Fsp3) is 0.300. The maximum Gasteiger partial charge on any atom is 0.410 e. The number of ether oxygens (including phenoxy) is 1. The third-order valence-electron chi connectivity index (χ3n) is 5.31. The Kier molecular flexibility index (Phi) is 4.55. The van der Waals surface area contributed by atoms with Crippen LogP contribution in [0.2, 0.25) is 0 Å². The molecule has 0 bridgehead atoms. The average molecular weight is 368 g/mol. The Morgan fingerprint density at radius 2 is 1.67 bits per heavy atom. The number of hydrogen-bond donors (Lipinski definition) is 2. The minimum Gasteiger partial charge on any atom is -0.480 e. The van der Waals surface area contributed by atoms with Gasteiger partial charge >= 0.3 is 12.1 Å². The fourth-order valence-electron chi connectivity index (χ4n) is 4.01. The second-order valence-electron chi connectivity index (χ2n) is 6.80. The number of carbonyl (C=O) groups is 2. The molecule has 27 heavy (non-hydrogen) atoms. The molecule has 0 spiro atoms. The Morgan fingerprint density at radius 1 is 1.07 bits per heavy atom. The van der Waals surface area contributed by atoms with Gasteiger partial charge in [-0.05, 0) is 22.3 Å². The van der Waals surface area contributed by atoms with Gasteiger partial charge in [-0.1, -0.05) is 48.5 Å². The van der Waals surface area contributed by atoms with Crippen molar-refractivity contribution in [3.8, 4) is 11.1 Å². The summed E-state index contributed by atoms with van der Waals surface area (Å²) < 4.78 is 5.52. The lowest BCUT2D eigenvalue weighted by Crippen LogP contribution is -2.41. The van der Waals surface area contributed by atoms with Crippen molar-refractivity contribution in [2.45, 2.75) is 24.5 Å². The maximum atomic E-state index is 12.5. The molecule has 4 rings (SSSR count). The number of carboxylic acid groups (broad SMARTS) is 1. The van der Waals surface area contributed by atoms with E-state index < -0.39 is 24.2 Å². The molecule has 1 amide bonds. The van der Waals surface area contributed by atoms with E-state index in [0.717, 1.165) is 22.3 Å². The molecular weight excluding hydrogens is 348 g/mol. The average Bonchev–Trinajstić information content (AvgIpc) is 3.26. The van der Waals surface area contributed by atoms with Gasteiger partial charge in [-0.2, -0.15) is 0 Å². The molecule has 2 atom stereocenters. The Morgan fingerprint density at radius 3 is 2.22 bits per heavy atom. The molecule has 7 heteroatoms. The van der Waals surface area contributed by atoms with Crippen molar-refractivity contribution in [2.75, 3.05) is 13.2 Å². The van der Waals surface area contributed by atoms with Crippen molar-refractivity contribution >= 4 is 12.1 Å². The Balaban J connectivity index is 1.52. The van der Waals surface area contributed by atoms with Gasteiger partial charge in [-0.25, -0.2) is 15.5 Å². The second kappa shape index (κ2) is 7.02. The SMILES string of the molecule is NOC1C[C@@H](C(=O)O)N(C(=O)OCC2c3ccccc3-c3ccccc32)C1. The van der Waals surface area contributed by atoms with Crippen LogP contribution < -0.4 is 5.90 Å². The normalized spacial score (nSPS) is 21.0. The number of amides is 1. The van der Waals surface area contributed by atoms with E-state index in [9.17, 15) is 14.7 Å². The van der Waals surface area contributed by atoms with Crippen LogP contribution >= 0.6 is 0 Å². The van der Waals surface area contributed by atoms with E-state index in [1.807, 2.05) is 36.4 Å². The van der Waals surface area contributed by atoms with E-state index >= 15 is 0 Å². The van der Waals surface area contributed by atoms with E-state index in [1.54, 1.807) is 0 Å². The molecule has 1 heterocycles. The van der Waals surface area contributed by atoms with Crippen LogP contribution in [0.15, 0.2) is 48.5 Å². The van der Waals surface area contributed by atoms with Crippen LogP contribution in [0.5, 0.6) is 0 Å². The standard InChI is InChI=1S/C20H20N2O5/c21-27-12-9-18(19(23)24)22(10-12)20(25)26-11-17-15-7-3-1-5-13(15)14-6-2-4-8-16(14)17/h1-8,12,17-18H,9-11,21H2,(H,23,24)/t12?,18-/m0/s1. The summed E-state index contributed by atoms with van der Waals surface area (Å²) in [5.41, 5.74) is 4.47.